The molecule has 0 rings (SSSR count). The third kappa shape index (κ3) is 4.14. The molecule has 0 aromatic heterocycles. The van der Waals surface area contributed by atoms with Gasteiger partial charge < -0.3 is 9.47 Å². The number of quaternary nitrogens is 1. The standard InChI is InChI=1S/C6H14N2O2/c1-4-9-6(8-7-3)10-5-2/h7H,4-5H2,1-3H3/p+1. The average molecular weight is 147 g/mol. The van der Waals surface area contributed by atoms with E-state index >= 15 is 0 Å². The Balaban J connectivity index is 3.60. The van der Waals surface area contributed by atoms with E-state index in [9.17, 15) is 0 Å². The molecule has 0 aliphatic carbocycles. The van der Waals surface area contributed by atoms with Crippen LogP contribution in [0, 0.1) is 0 Å². The van der Waals surface area contributed by atoms with E-state index in [0.717, 1.165) is 0 Å². The summed E-state index contributed by atoms with van der Waals surface area (Å²) in [5, 5.41) is 3.85. The first-order chi connectivity index (χ1) is 4.85. The van der Waals surface area contributed by atoms with E-state index in [0.29, 0.717) is 19.3 Å². The van der Waals surface area contributed by atoms with Crippen LogP contribution in [-0.4, -0.2) is 26.3 Å². The fraction of sp³-hybridized carbons (Fsp3) is 0.833. The lowest BCUT2D eigenvalue weighted by molar-refractivity contribution is -0.635. The molecule has 0 amide bonds. The third-order valence-electron chi connectivity index (χ3n) is 0.770. The Morgan fingerprint density at radius 1 is 1.30 bits per heavy atom. The van der Waals surface area contributed by atoms with Gasteiger partial charge in [0.05, 0.1) is 20.3 Å². The summed E-state index contributed by atoms with van der Waals surface area (Å²) in [5.74, 6) is 0. The van der Waals surface area contributed by atoms with Gasteiger partial charge in [0.25, 0.3) is 0 Å². The van der Waals surface area contributed by atoms with Gasteiger partial charge in [0.2, 0.25) is 0 Å². The van der Waals surface area contributed by atoms with Gasteiger partial charge in [0.1, 0.15) is 0 Å². The highest BCUT2D eigenvalue weighted by molar-refractivity contribution is 5.65. The molecule has 0 bridgehead atoms. The Kier molecular flexibility index (Phi) is 5.86. The predicted octanol–water partition coefficient (Wildman–Crippen LogP) is -0.476. The Labute approximate surface area is 61.2 Å². The van der Waals surface area contributed by atoms with Crippen molar-refractivity contribution in [2.24, 2.45) is 5.10 Å². The van der Waals surface area contributed by atoms with Crippen molar-refractivity contribution < 1.29 is 14.9 Å². The van der Waals surface area contributed by atoms with Crippen LogP contribution in [0.2, 0.25) is 0 Å². The van der Waals surface area contributed by atoms with Gasteiger partial charge in [-0.2, -0.15) is 0 Å². The van der Waals surface area contributed by atoms with Crippen molar-refractivity contribution in [1.82, 2.24) is 0 Å². The van der Waals surface area contributed by atoms with Crippen LogP contribution in [0.4, 0.5) is 0 Å². The SMILES string of the molecule is CCOC(=N[NH2+]C)OCC. The van der Waals surface area contributed by atoms with Crippen LogP contribution < -0.4 is 5.43 Å². The fourth-order valence-electron chi connectivity index (χ4n) is 0.469. The fourth-order valence-corrected chi connectivity index (χ4v) is 0.469. The van der Waals surface area contributed by atoms with Gasteiger partial charge in [0.15, 0.2) is 0 Å². The van der Waals surface area contributed by atoms with Crippen LogP contribution in [0.15, 0.2) is 5.10 Å². The zero-order valence-corrected chi connectivity index (χ0v) is 6.76. The third-order valence-corrected chi connectivity index (χ3v) is 0.770. The molecule has 0 aromatic carbocycles. The topological polar surface area (TPSA) is 47.4 Å². The van der Waals surface area contributed by atoms with Gasteiger partial charge >= 0.3 is 6.08 Å². The molecule has 0 radical (unpaired) electrons. The first-order valence-corrected chi connectivity index (χ1v) is 3.46. The molecule has 0 aliphatic heterocycles. The molecule has 0 aromatic rings. The molecule has 0 saturated heterocycles. The van der Waals surface area contributed by atoms with E-state index in [1.165, 1.54) is 0 Å². The molecule has 2 N–H and O–H groups in total. The Morgan fingerprint density at radius 2 is 1.80 bits per heavy atom. The monoisotopic (exact) mass is 147 g/mol. The molecule has 0 aliphatic rings. The molecule has 4 nitrogen and oxygen atoms in total. The second-order valence-electron chi connectivity index (χ2n) is 1.52. The molecular weight excluding hydrogens is 132 g/mol. The van der Waals surface area contributed by atoms with Crippen LogP contribution >= 0.6 is 0 Å². The van der Waals surface area contributed by atoms with Gasteiger partial charge in [-0.05, 0) is 18.9 Å². The van der Waals surface area contributed by atoms with Crippen LogP contribution in [-0.2, 0) is 9.47 Å². The van der Waals surface area contributed by atoms with Crippen LogP contribution in [0.5, 0.6) is 0 Å². The van der Waals surface area contributed by atoms with Crippen molar-refractivity contribution in [1.29, 1.82) is 0 Å². The van der Waals surface area contributed by atoms with Crippen LogP contribution in [0.25, 0.3) is 0 Å². The number of nitrogens with two attached hydrogens (primary N) is 1. The minimum atomic E-state index is 0.354. The quantitative estimate of drug-likeness (QED) is 0.254. The van der Waals surface area contributed by atoms with E-state index in [1.54, 1.807) is 5.43 Å². The number of hydrogen-bond donors (Lipinski definition) is 1. The number of hydrogen-bond acceptors (Lipinski definition) is 3. The first-order valence-electron chi connectivity index (χ1n) is 3.46. The van der Waals surface area contributed by atoms with Gasteiger partial charge in [0, 0.05) is 0 Å². The largest absolute Gasteiger partial charge is 0.448 e. The molecule has 60 valence electrons. The van der Waals surface area contributed by atoms with Crippen LogP contribution in [0.1, 0.15) is 13.8 Å². The molecule has 10 heavy (non-hydrogen) atoms. The second-order valence-corrected chi connectivity index (χ2v) is 1.52. The van der Waals surface area contributed by atoms with Crippen molar-refractivity contribution in [2.75, 3.05) is 20.3 Å². The molecule has 0 heterocycles. The van der Waals surface area contributed by atoms with Crippen molar-refractivity contribution in [2.45, 2.75) is 13.8 Å². The minimum absolute atomic E-state index is 0.354. The van der Waals surface area contributed by atoms with Crippen molar-refractivity contribution in [3.8, 4) is 0 Å². The summed E-state index contributed by atoms with van der Waals surface area (Å²) >= 11 is 0. The van der Waals surface area contributed by atoms with Crippen molar-refractivity contribution >= 4 is 6.08 Å². The Bertz CT molecular complexity index is 95.9. The van der Waals surface area contributed by atoms with E-state index in [1.807, 2.05) is 20.9 Å². The summed E-state index contributed by atoms with van der Waals surface area (Å²) in [5.41, 5.74) is 1.64. The molecular formula is C6H15N2O2+. The summed E-state index contributed by atoms with van der Waals surface area (Å²) in [7, 11) is 1.82. The van der Waals surface area contributed by atoms with E-state index in [2.05, 4.69) is 5.10 Å². The summed E-state index contributed by atoms with van der Waals surface area (Å²) < 4.78 is 10.0. The highest BCUT2D eigenvalue weighted by Crippen LogP contribution is 1.81. The van der Waals surface area contributed by atoms with Gasteiger partial charge in [-0.3, -0.25) is 0 Å². The number of rotatable bonds is 3. The highest BCUT2D eigenvalue weighted by Gasteiger charge is 1.98. The maximum Gasteiger partial charge on any atom is 0.436 e. The highest BCUT2D eigenvalue weighted by atomic mass is 16.7. The molecule has 0 fully saturated rings. The second kappa shape index (κ2) is 6.35. The molecule has 4 heteroatoms. The molecule has 0 saturated carbocycles. The normalized spacial score (nSPS) is 8.70. The number of ether oxygens (including phenoxy) is 2. The smallest absolute Gasteiger partial charge is 0.436 e. The van der Waals surface area contributed by atoms with Gasteiger partial charge in [-0.15, -0.1) is 0 Å². The summed E-state index contributed by atoms with van der Waals surface area (Å²) in [6.07, 6.45) is 0.354. The zero-order chi connectivity index (χ0) is 7.82. The lowest BCUT2D eigenvalue weighted by Crippen LogP contribution is -2.73. The van der Waals surface area contributed by atoms with Gasteiger partial charge in [-0.1, -0.05) is 0 Å². The molecule has 0 atom stereocenters. The van der Waals surface area contributed by atoms with Crippen LogP contribution in [0.3, 0.4) is 0 Å². The lowest BCUT2D eigenvalue weighted by atomic mass is 10.8. The number of nitrogens with zero attached hydrogens (tertiary/aromatic N) is 1. The first kappa shape index (κ1) is 9.23. The lowest BCUT2D eigenvalue weighted by Gasteiger charge is -2.03. The van der Waals surface area contributed by atoms with Crippen molar-refractivity contribution in [3.63, 3.8) is 0 Å². The predicted molar refractivity (Wildman–Crippen MR) is 38.5 cm³/mol. The zero-order valence-electron chi connectivity index (χ0n) is 6.76. The molecule has 0 unspecified atom stereocenters. The molecule has 0 spiro atoms. The minimum Gasteiger partial charge on any atom is -0.448 e. The summed E-state index contributed by atoms with van der Waals surface area (Å²) in [6.45, 7) is 4.97. The maximum atomic E-state index is 5.02. The van der Waals surface area contributed by atoms with E-state index in [4.69, 9.17) is 9.47 Å². The average Bonchev–Trinajstić information content (AvgIpc) is 1.90. The Morgan fingerprint density at radius 3 is 2.10 bits per heavy atom. The summed E-state index contributed by atoms with van der Waals surface area (Å²) in [4.78, 5) is 0. The van der Waals surface area contributed by atoms with E-state index in [-0.39, 0.29) is 0 Å². The van der Waals surface area contributed by atoms with Crippen molar-refractivity contribution in [3.05, 3.63) is 0 Å². The van der Waals surface area contributed by atoms with Gasteiger partial charge in [-0.25, -0.2) is 5.43 Å². The Hall–Kier alpha value is -0.770. The summed E-state index contributed by atoms with van der Waals surface area (Å²) in [6, 6.07) is 0. The van der Waals surface area contributed by atoms with E-state index < -0.39 is 0 Å². The maximum absolute atomic E-state index is 5.02.